The number of carbonyl (C=O) groups is 1. The highest BCUT2D eigenvalue weighted by molar-refractivity contribution is 5.88. The lowest BCUT2D eigenvalue weighted by Gasteiger charge is -2.02. The van der Waals surface area contributed by atoms with Gasteiger partial charge in [0.2, 0.25) is 0 Å². The number of nitrogens with zero attached hydrogens (tertiary/aromatic N) is 1. The highest BCUT2D eigenvalue weighted by Crippen LogP contribution is 2.14. The van der Waals surface area contributed by atoms with Crippen LogP contribution in [0.3, 0.4) is 0 Å². The van der Waals surface area contributed by atoms with Crippen LogP contribution in [-0.2, 0) is 4.79 Å². The molecule has 2 aromatic rings. The van der Waals surface area contributed by atoms with Crippen LogP contribution in [0.2, 0.25) is 0 Å². The summed E-state index contributed by atoms with van der Waals surface area (Å²) in [4.78, 5) is 11.7. The Kier molecular flexibility index (Phi) is 5.33. The number of benzene rings is 2. The molecule has 0 heterocycles. The number of hydrogen-bond acceptors (Lipinski definition) is 4. The summed E-state index contributed by atoms with van der Waals surface area (Å²) in [6.07, 6.45) is 3.02. The van der Waals surface area contributed by atoms with Crippen LogP contribution >= 0.6 is 0 Å². The largest absolute Gasteiger partial charge is 0.494 e. The van der Waals surface area contributed by atoms with Gasteiger partial charge in [-0.3, -0.25) is 0 Å². The molecular formula is C18H15NO3. The highest BCUT2D eigenvalue weighted by atomic mass is 16.5. The summed E-state index contributed by atoms with van der Waals surface area (Å²) in [6.45, 7) is 2.54. The van der Waals surface area contributed by atoms with Crippen LogP contribution in [0.4, 0.5) is 0 Å². The Hall–Kier alpha value is -3.06. The number of hydrogen-bond donors (Lipinski definition) is 0. The van der Waals surface area contributed by atoms with E-state index in [0.29, 0.717) is 17.9 Å². The Morgan fingerprint density at radius 1 is 1.09 bits per heavy atom. The maximum Gasteiger partial charge on any atom is 0.336 e. The summed E-state index contributed by atoms with van der Waals surface area (Å²) in [5.74, 6) is 0.721. The average Bonchev–Trinajstić information content (AvgIpc) is 2.55. The van der Waals surface area contributed by atoms with Crippen molar-refractivity contribution in [2.45, 2.75) is 6.92 Å². The van der Waals surface area contributed by atoms with Crippen LogP contribution < -0.4 is 9.47 Å². The number of ether oxygens (including phenoxy) is 2. The minimum absolute atomic E-state index is 0.403. The van der Waals surface area contributed by atoms with E-state index in [-0.39, 0.29) is 0 Å². The molecule has 0 aromatic heterocycles. The fourth-order valence-corrected chi connectivity index (χ4v) is 1.75. The molecule has 0 N–H and O–H groups in total. The Bertz CT molecular complexity index is 695. The van der Waals surface area contributed by atoms with Gasteiger partial charge in [0.05, 0.1) is 18.2 Å². The Morgan fingerprint density at radius 3 is 2.32 bits per heavy atom. The fraction of sp³-hybridized carbons (Fsp3) is 0.111. The first-order valence-corrected chi connectivity index (χ1v) is 6.84. The van der Waals surface area contributed by atoms with Crippen molar-refractivity contribution in [2.24, 2.45) is 0 Å². The van der Waals surface area contributed by atoms with Crippen LogP contribution in [0.25, 0.3) is 6.08 Å². The summed E-state index contributed by atoms with van der Waals surface area (Å²) < 4.78 is 10.5. The van der Waals surface area contributed by atoms with E-state index in [1.807, 2.05) is 37.3 Å². The van der Waals surface area contributed by atoms with E-state index in [2.05, 4.69) is 0 Å². The van der Waals surface area contributed by atoms with Crippen LogP contribution in [0.15, 0.2) is 54.6 Å². The van der Waals surface area contributed by atoms with Crippen molar-refractivity contribution in [1.82, 2.24) is 0 Å². The van der Waals surface area contributed by atoms with Gasteiger partial charge in [-0.2, -0.15) is 5.26 Å². The van der Waals surface area contributed by atoms with Gasteiger partial charge >= 0.3 is 5.97 Å². The second kappa shape index (κ2) is 7.65. The molecular weight excluding hydrogens is 278 g/mol. The monoisotopic (exact) mass is 293 g/mol. The first-order chi connectivity index (χ1) is 10.7. The van der Waals surface area contributed by atoms with Crippen LogP contribution in [0.5, 0.6) is 11.5 Å². The first-order valence-electron chi connectivity index (χ1n) is 6.84. The van der Waals surface area contributed by atoms with Crippen molar-refractivity contribution in [2.75, 3.05) is 6.61 Å². The van der Waals surface area contributed by atoms with E-state index in [1.165, 1.54) is 6.08 Å². The number of rotatable bonds is 5. The molecule has 0 radical (unpaired) electrons. The molecule has 0 aliphatic heterocycles. The fourth-order valence-electron chi connectivity index (χ4n) is 1.75. The summed E-state index contributed by atoms with van der Waals surface area (Å²) in [5, 5.41) is 8.70. The third kappa shape index (κ3) is 4.50. The minimum atomic E-state index is -0.474. The molecule has 22 heavy (non-hydrogen) atoms. The summed E-state index contributed by atoms with van der Waals surface area (Å²) >= 11 is 0. The third-order valence-electron chi connectivity index (χ3n) is 2.80. The molecule has 0 atom stereocenters. The smallest absolute Gasteiger partial charge is 0.336 e. The predicted molar refractivity (Wildman–Crippen MR) is 83.4 cm³/mol. The molecule has 0 aliphatic carbocycles. The molecule has 0 spiro atoms. The maximum atomic E-state index is 11.7. The normalized spacial score (nSPS) is 10.2. The molecule has 2 aromatic carbocycles. The molecule has 2 rings (SSSR count). The zero-order chi connectivity index (χ0) is 15.8. The highest BCUT2D eigenvalue weighted by Gasteiger charge is 2.01. The second-order valence-electron chi connectivity index (χ2n) is 4.39. The third-order valence-corrected chi connectivity index (χ3v) is 2.80. The molecule has 0 saturated heterocycles. The van der Waals surface area contributed by atoms with Gasteiger partial charge in [0.15, 0.2) is 0 Å². The summed E-state index contributed by atoms with van der Waals surface area (Å²) in [6, 6.07) is 15.8. The van der Waals surface area contributed by atoms with Crippen molar-refractivity contribution in [3.63, 3.8) is 0 Å². The topological polar surface area (TPSA) is 59.3 Å². The van der Waals surface area contributed by atoms with E-state index < -0.39 is 5.97 Å². The molecule has 110 valence electrons. The van der Waals surface area contributed by atoms with Crippen LogP contribution in [0, 0.1) is 11.3 Å². The summed E-state index contributed by atoms with van der Waals surface area (Å²) in [5.41, 5.74) is 1.39. The van der Waals surface area contributed by atoms with Gasteiger partial charge in [-0.15, -0.1) is 0 Å². The van der Waals surface area contributed by atoms with Crippen LogP contribution in [-0.4, -0.2) is 12.6 Å². The number of esters is 1. The van der Waals surface area contributed by atoms with Gasteiger partial charge in [0.1, 0.15) is 11.5 Å². The van der Waals surface area contributed by atoms with Gasteiger partial charge in [-0.25, -0.2) is 4.79 Å². The zero-order valence-electron chi connectivity index (χ0n) is 12.2. The quantitative estimate of drug-likeness (QED) is 0.480. The molecule has 0 fully saturated rings. The Balaban J connectivity index is 1.94. The molecule has 0 aliphatic rings. The lowest BCUT2D eigenvalue weighted by Crippen LogP contribution is -2.03. The predicted octanol–water partition coefficient (Wildman–Crippen LogP) is 3.58. The van der Waals surface area contributed by atoms with E-state index in [9.17, 15) is 4.79 Å². The van der Waals surface area contributed by atoms with Crippen molar-refractivity contribution < 1.29 is 14.3 Å². The van der Waals surface area contributed by atoms with Crippen molar-refractivity contribution in [3.05, 3.63) is 65.7 Å². The second-order valence-corrected chi connectivity index (χ2v) is 4.39. The molecule has 4 heteroatoms. The lowest BCUT2D eigenvalue weighted by atomic mass is 10.2. The van der Waals surface area contributed by atoms with Gasteiger partial charge in [0, 0.05) is 6.08 Å². The van der Waals surface area contributed by atoms with Crippen molar-refractivity contribution in [3.8, 4) is 17.6 Å². The molecule has 0 saturated carbocycles. The summed E-state index contributed by atoms with van der Waals surface area (Å²) in [7, 11) is 0. The SMILES string of the molecule is CCOc1ccc(/C=C/C(=O)Oc2ccc(C#N)cc2)cc1. The van der Waals surface area contributed by atoms with E-state index >= 15 is 0 Å². The van der Waals surface area contributed by atoms with Crippen molar-refractivity contribution >= 4 is 12.0 Å². The maximum absolute atomic E-state index is 11.7. The Labute approximate surface area is 129 Å². The standard InChI is InChI=1S/C18H15NO3/c1-2-21-16-8-3-14(4-9-16)7-12-18(20)22-17-10-5-15(13-19)6-11-17/h3-12H,2H2,1H3/b12-7+. The minimum Gasteiger partial charge on any atom is -0.494 e. The first kappa shape index (κ1) is 15.3. The average molecular weight is 293 g/mol. The van der Waals surface area contributed by atoms with E-state index in [4.69, 9.17) is 14.7 Å². The molecule has 0 bridgehead atoms. The number of nitriles is 1. The van der Waals surface area contributed by atoms with Gasteiger partial charge < -0.3 is 9.47 Å². The molecule has 4 nitrogen and oxygen atoms in total. The number of carbonyl (C=O) groups excluding carboxylic acids is 1. The van der Waals surface area contributed by atoms with Gasteiger partial charge in [-0.05, 0) is 55.0 Å². The van der Waals surface area contributed by atoms with Crippen molar-refractivity contribution in [1.29, 1.82) is 5.26 Å². The van der Waals surface area contributed by atoms with Gasteiger partial charge in [0.25, 0.3) is 0 Å². The zero-order valence-corrected chi connectivity index (χ0v) is 12.2. The van der Waals surface area contributed by atoms with Gasteiger partial charge in [-0.1, -0.05) is 12.1 Å². The Morgan fingerprint density at radius 2 is 1.73 bits per heavy atom. The van der Waals surface area contributed by atoms with E-state index in [1.54, 1.807) is 30.3 Å². The lowest BCUT2D eigenvalue weighted by molar-refractivity contribution is -0.128. The van der Waals surface area contributed by atoms with E-state index in [0.717, 1.165) is 11.3 Å². The molecule has 0 unspecified atom stereocenters. The molecule has 0 amide bonds. The van der Waals surface area contributed by atoms with Crippen LogP contribution in [0.1, 0.15) is 18.1 Å².